The lowest BCUT2D eigenvalue weighted by molar-refractivity contribution is -0.132. The van der Waals surface area contributed by atoms with E-state index >= 15 is 0 Å². The van der Waals surface area contributed by atoms with Gasteiger partial charge in [-0.25, -0.2) is 9.97 Å². The van der Waals surface area contributed by atoms with Gasteiger partial charge in [0, 0.05) is 56.7 Å². The number of halogens is 1. The van der Waals surface area contributed by atoms with Crippen LogP contribution in [0.5, 0.6) is 0 Å². The number of benzene rings is 2. The highest BCUT2D eigenvalue weighted by Crippen LogP contribution is 2.31. The summed E-state index contributed by atoms with van der Waals surface area (Å²) >= 11 is 7.58. The van der Waals surface area contributed by atoms with E-state index in [1.807, 2.05) is 40.8 Å². The number of fused-ring (bicyclic) bond motifs is 2. The number of thiazole rings is 1. The standard InChI is InChI=1S/C24H25ClN6O2S/c1-29-9-11-31(12-10-29)22(33)8-7-20(32)15-3-6-19-18(13-15)26-23(30(19)2)28-24-27-17-5-4-16(25)14-21(17)34-24/h3-6,13-14H,7-12H2,1-2H3,(H,26,27,28). The number of carbonyl (C=O) groups excluding carboxylic acids is 2. The van der Waals surface area contributed by atoms with Crippen molar-refractivity contribution >= 4 is 67.0 Å². The Morgan fingerprint density at radius 3 is 2.59 bits per heavy atom. The van der Waals surface area contributed by atoms with Crippen LogP contribution in [0.3, 0.4) is 0 Å². The minimum absolute atomic E-state index is 0.0453. The number of anilines is 2. The van der Waals surface area contributed by atoms with Crippen LogP contribution in [0.2, 0.25) is 5.02 Å². The number of amides is 1. The molecule has 5 rings (SSSR count). The SMILES string of the molecule is CN1CCN(C(=O)CCC(=O)c2ccc3c(c2)nc(Nc2nc4ccc(Cl)cc4s2)n3C)CC1. The zero-order valence-electron chi connectivity index (χ0n) is 19.0. The zero-order valence-corrected chi connectivity index (χ0v) is 20.6. The summed E-state index contributed by atoms with van der Waals surface area (Å²) in [5.41, 5.74) is 3.05. The van der Waals surface area contributed by atoms with E-state index in [9.17, 15) is 9.59 Å². The molecule has 0 aliphatic carbocycles. The molecule has 0 spiro atoms. The minimum atomic E-state index is -0.0485. The molecule has 1 aliphatic heterocycles. The highest BCUT2D eigenvalue weighted by atomic mass is 35.5. The molecule has 0 radical (unpaired) electrons. The molecule has 176 valence electrons. The molecule has 1 N–H and O–H groups in total. The second-order valence-electron chi connectivity index (χ2n) is 8.56. The number of carbonyl (C=O) groups is 2. The lowest BCUT2D eigenvalue weighted by Gasteiger charge is -2.32. The normalized spacial score (nSPS) is 14.7. The molecule has 1 saturated heterocycles. The van der Waals surface area contributed by atoms with Crippen molar-refractivity contribution in [3.63, 3.8) is 0 Å². The number of nitrogens with zero attached hydrogens (tertiary/aromatic N) is 5. The fourth-order valence-electron chi connectivity index (χ4n) is 4.11. The van der Waals surface area contributed by atoms with Crippen molar-refractivity contribution in [1.29, 1.82) is 0 Å². The van der Waals surface area contributed by atoms with Crippen molar-refractivity contribution in [1.82, 2.24) is 24.3 Å². The number of ketones is 1. The third-order valence-electron chi connectivity index (χ3n) is 6.19. The quantitative estimate of drug-likeness (QED) is 0.400. The molecular formula is C24H25ClN6O2S. The summed E-state index contributed by atoms with van der Waals surface area (Å²) in [6, 6.07) is 11.1. The van der Waals surface area contributed by atoms with Gasteiger partial charge in [0.05, 0.1) is 21.3 Å². The Bertz CT molecular complexity index is 1390. The fourth-order valence-corrected chi connectivity index (χ4v) is 5.25. The molecule has 0 atom stereocenters. The van der Waals surface area contributed by atoms with Gasteiger partial charge in [-0.15, -0.1) is 0 Å². The molecule has 0 unspecified atom stereocenters. The average molecular weight is 497 g/mol. The van der Waals surface area contributed by atoms with Crippen molar-refractivity contribution in [2.24, 2.45) is 7.05 Å². The number of rotatable bonds is 6. The number of imidazole rings is 1. The summed E-state index contributed by atoms with van der Waals surface area (Å²) in [4.78, 5) is 38.6. The maximum Gasteiger partial charge on any atom is 0.223 e. The Hall–Kier alpha value is -3.01. The van der Waals surface area contributed by atoms with Gasteiger partial charge in [-0.05, 0) is 43.4 Å². The molecule has 0 saturated carbocycles. The minimum Gasteiger partial charge on any atom is -0.340 e. The van der Waals surface area contributed by atoms with Crippen molar-refractivity contribution in [2.45, 2.75) is 12.8 Å². The van der Waals surface area contributed by atoms with Crippen molar-refractivity contribution in [3.8, 4) is 0 Å². The maximum atomic E-state index is 12.8. The summed E-state index contributed by atoms with van der Waals surface area (Å²) < 4.78 is 2.92. The Balaban J connectivity index is 1.28. The summed E-state index contributed by atoms with van der Waals surface area (Å²) in [5.74, 6) is 0.631. The molecule has 34 heavy (non-hydrogen) atoms. The molecule has 1 fully saturated rings. The number of Topliss-reactive ketones (excluding diaryl/α,β-unsaturated/α-hetero) is 1. The first-order chi connectivity index (χ1) is 16.4. The van der Waals surface area contributed by atoms with E-state index in [1.54, 1.807) is 12.1 Å². The highest BCUT2D eigenvalue weighted by Gasteiger charge is 2.20. The Kier molecular flexibility index (Phi) is 6.24. The van der Waals surface area contributed by atoms with Gasteiger partial charge in [-0.1, -0.05) is 22.9 Å². The van der Waals surface area contributed by atoms with Crippen LogP contribution < -0.4 is 5.32 Å². The van der Waals surface area contributed by atoms with Gasteiger partial charge < -0.3 is 19.7 Å². The van der Waals surface area contributed by atoms with Crippen LogP contribution in [-0.4, -0.2) is 69.3 Å². The first-order valence-corrected chi connectivity index (χ1v) is 12.4. The van der Waals surface area contributed by atoms with Gasteiger partial charge in [0.25, 0.3) is 0 Å². The van der Waals surface area contributed by atoms with Crippen molar-refractivity contribution in [2.75, 3.05) is 38.5 Å². The predicted octanol–water partition coefficient (Wildman–Crippen LogP) is 4.32. The van der Waals surface area contributed by atoms with E-state index in [2.05, 4.69) is 27.2 Å². The number of likely N-dealkylation sites (N-methyl/N-ethyl adjacent to an activating group) is 1. The molecule has 0 bridgehead atoms. The largest absolute Gasteiger partial charge is 0.340 e. The van der Waals surface area contributed by atoms with E-state index in [1.165, 1.54) is 11.3 Å². The number of aromatic nitrogens is 3. The smallest absolute Gasteiger partial charge is 0.223 e. The predicted molar refractivity (Wildman–Crippen MR) is 136 cm³/mol. The van der Waals surface area contributed by atoms with Gasteiger partial charge in [-0.3, -0.25) is 9.59 Å². The van der Waals surface area contributed by atoms with E-state index in [0.29, 0.717) is 22.1 Å². The van der Waals surface area contributed by atoms with Crippen LogP contribution in [0.1, 0.15) is 23.2 Å². The molecule has 1 aliphatic rings. The summed E-state index contributed by atoms with van der Waals surface area (Å²) in [6.07, 6.45) is 0.431. The van der Waals surface area contributed by atoms with Gasteiger partial charge in [0.1, 0.15) is 0 Å². The molecule has 1 amide bonds. The number of hydrogen-bond acceptors (Lipinski definition) is 7. The molecule has 4 aromatic rings. The third kappa shape index (κ3) is 4.64. The average Bonchev–Trinajstić information content (AvgIpc) is 3.37. The molecule has 3 heterocycles. The monoisotopic (exact) mass is 496 g/mol. The topological polar surface area (TPSA) is 83.4 Å². The van der Waals surface area contributed by atoms with Gasteiger partial charge >= 0.3 is 0 Å². The number of hydrogen-bond donors (Lipinski definition) is 1. The van der Waals surface area contributed by atoms with Crippen molar-refractivity contribution in [3.05, 3.63) is 47.0 Å². The fraction of sp³-hybridized carbons (Fsp3) is 0.333. The van der Waals surface area contributed by atoms with Crippen LogP contribution >= 0.6 is 22.9 Å². The summed E-state index contributed by atoms with van der Waals surface area (Å²) in [6.45, 7) is 3.19. The van der Waals surface area contributed by atoms with E-state index in [-0.39, 0.29) is 24.5 Å². The molecule has 2 aromatic heterocycles. The van der Waals surface area contributed by atoms with Crippen LogP contribution in [-0.2, 0) is 11.8 Å². The third-order valence-corrected chi connectivity index (χ3v) is 7.36. The molecule has 10 heteroatoms. The lowest BCUT2D eigenvalue weighted by Crippen LogP contribution is -2.47. The number of aryl methyl sites for hydroxylation is 1. The summed E-state index contributed by atoms with van der Waals surface area (Å²) in [5, 5.41) is 4.67. The summed E-state index contributed by atoms with van der Waals surface area (Å²) in [7, 11) is 3.97. The first-order valence-electron chi connectivity index (χ1n) is 11.2. The Morgan fingerprint density at radius 2 is 1.79 bits per heavy atom. The second-order valence-corrected chi connectivity index (χ2v) is 10.0. The van der Waals surface area contributed by atoms with Crippen LogP contribution in [0.4, 0.5) is 11.1 Å². The van der Waals surface area contributed by atoms with Crippen LogP contribution in [0, 0.1) is 0 Å². The van der Waals surface area contributed by atoms with E-state index in [4.69, 9.17) is 11.6 Å². The first kappa shape index (κ1) is 22.8. The number of nitrogens with one attached hydrogen (secondary N) is 1. The second kappa shape index (κ2) is 9.32. The van der Waals surface area contributed by atoms with Gasteiger partial charge in [-0.2, -0.15) is 0 Å². The molecular weight excluding hydrogens is 472 g/mol. The van der Waals surface area contributed by atoms with Crippen LogP contribution in [0.15, 0.2) is 36.4 Å². The van der Waals surface area contributed by atoms with Gasteiger partial charge in [0.15, 0.2) is 10.9 Å². The number of piperazine rings is 1. The maximum absolute atomic E-state index is 12.8. The van der Waals surface area contributed by atoms with E-state index in [0.717, 1.165) is 47.0 Å². The Morgan fingerprint density at radius 1 is 1.00 bits per heavy atom. The van der Waals surface area contributed by atoms with E-state index < -0.39 is 0 Å². The highest BCUT2D eigenvalue weighted by molar-refractivity contribution is 7.22. The molecule has 8 nitrogen and oxygen atoms in total. The van der Waals surface area contributed by atoms with Gasteiger partial charge in [0.2, 0.25) is 11.9 Å². The lowest BCUT2D eigenvalue weighted by atomic mass is 10.1. The Labute approximate surface area is 206 Å². The zero-order chi connectivity index (χ0) is 23.8. The van der Waals surface area contributed by atoms with Crippen molar-refractivity contribution < 1.29 is 9.59 Å². The molecule has 2 aromatic carbocycles. The van der Waals surface area contributed by atoms with Crippen LogP contribution in [0.25, 0.3) is 21.3 Å².